The largest absolute Gasteiger partial charge is 0.487 e. The Kier molecular flexibility index (Phi) is 5.88. The first-order chi connectivity index (χ1) is 17.1. The first-order valence-corrected chi connectivity index (χ1v) is 12.7. The van der Waals surface area contributed by atoms with Gasteiger partial charge in [0.2, 0.25) is 0 Å². The molecule has 7 nitrogen and oxygen atoms in total. The standard InChI is InChI=1S/C27H31FN6O/c1-33-17-19(15-31-33)27-22-16-30-26(29-13-12-18-6-7-18)14-24(22)34(32-27)20-8-10-21(11-9-20)35-25-5-3-2-4-23(25)28/h2-5,14-18,20-21H,6-13H2,1H3,(H,29,30)/t20-,21+. The van der Waals surface area contributed by atoms with E-state index in [-0.39, 0.29) is 18.0 Å². The summed E-state index contributed by atoms with van der Waals surface area (Å²) in [5, 5.41) is 14.0. The van der Waals surface area contributed by atoms with E-state index in [2.05, 4.69) is 21.2 Å². The predicted octanol–water partition coefficient (Wildman–Crippen LogP) is 5.75. The van der Waals surface area contributed by atoms with E-state index < -0.39 is 0 Å². The highest BCUT2D eigenvalue weighted by Gasteiger charge is 2.27. The highest BCUT2D eigenvalue weighted by Crippen LogP contribution is 2.37. The van der Waals surface area contributed by atoms with Gasteiger partial charge >= 0.3 is 0 Å². The van der Waals surface area contributed by atoms with Gasteiger partial charge in [-0.25, -0.2) is 9.37 Å². The summed E-state index contributed by atoms with van der Waals surface area (Å²) in [6.45, 7) is 0.950. The van der Waals surface area contributed by atoms with Crippen molar-refractivity contribution in [2.75, 3.05) is 11.9 Å². The van der Waals surface area contributed by atoms with Gasteiger partial charge in [0, 0.05) is 43.0 Å². The van der Waals surface area contributed by atoms with Crippen LogP contribution in [0.1, 0.15) is 51.0 Å². The molecular formula is C27H31FN6O. The van der Waals surface area contributed by atoms with Gasteiger partial charge in [0.25, 0.3) is 0 Å². The second-order valence-corrected chi connectivity index (χ2v) is 9.92. The Hall–Kier alpha value is -3.42. The van der Waals surface area contributed by atoms with Crippen LogP contribution in [0.3, 0.4) is 0 Å². The Bertz CT molecular complexity index is 1320. The number of nitrogens with one attached hydrogen (secondary N) is 1. The number of anilines is 1. The summed E-state index contributed by atoms with van der Waals surface area (Å²) in [4.78, 5) is 4.70. The van der Waals surface area contributed by atoms with Crippen LogP contribution in [-0.4, -0.2) is 37.2 Å². The molecule has 0 aliphatic heterocycles. The van der Waals surface area contributed by atoms with Gasteiger partial charge in [-0.15, -0.1) is 0 Å². The van der Waals surface area contributed by atoms with Crippen molar-refractivity contribution in [3.8, 4) is 17.0 Å². The molecule has 1 aromatic carbocycles. The number of nitrogens with zero attached hydrogens (tertiary/aromatic N) is 5. The molecule has 182 valence electrons. The lowest BCUT2D eigenvalue weighted by atomic mass is 9.93. The van der Waals surface area contributed by atoms with Gasteiger partial charge in [-0.1, -0.05) is 25.0 Å². The highest BCUT2D eigenvalue weighted by molar-refractivity contribution is 5.93. The zero-order valence-electron chi connectivity index (χ0n) is 20.0. The number of hydrogen-bond donors (Lipinski definition) is 1. The lowest BCUT2D eigenvalue weighted by Gasteiger charge is -2.29. The monoisotopic (exact) mass is 474 g/mol. The van der Waals surface area contributed by atoms with Crippen molar-refractivity contribution >= 4 is 16.7 Å². The Labute approximate surface area is 204 Å². The number of para-hydroxylation sites is 1. The Morgan fingerprint density at radius 1 is 1.09 bits per heavy atom. The highest BCUT2D eigenvalue weighted by atomic mass is 19.1. The maximum absolute atomic E-state index is 14.0. The normalized spacial score (nSPS) is 20.3. The number of fused-ring (bicyclic) bond motifs is 1. The minimum atomic E-state index is -0.303. The number of benzene rings is 1. The number of aryl methyl sites for hydroxylation is 1. The third kappa shape index (κ3) is 4.74. The van der Waals surface area contributed by atoms with Crippen molar-refractivity contribution in [2.24, 2.45) is 13.0 Å². The molecule has 0 spiro atoms. The molecular weight excluding hydrogens is 443 g/mol. The van der Waals surface area contributed by atoms with Crippen LogP contribution in [0.4, 0.5) is 10.2 Å². The molecule has 35 heavy (non-hydrogen) atoms. The lowest BCUT2D eigenvalue weighted by molar-refractivity contribution is 0.126. The van der Waals surface area contributed by atoms with E-state index in [1.165, 1.54) is 25.3 Å². The second kappa shape index (κ2) is 9.32. The topological polar surface area (TPSA) is 69.8 Å². The molecule has 0 amide bonds. The van der Waals surface area contributed by atoms with Crippen molar-refractivity contribution < 1.29 is 9.13 Å². The zero-order valence-corrected chi connectivity index (χ0v) is 20.0. The van der Waals surface area contributed by atoms with E-state index in [0.717, 1.165) is 66.1 Å². The summed E-state index contributed by atoms with van der Waals surface area (Å²) in [6, 6.07) is 9.03. The first-order valence-electron chi connectivity index (χ1n) is 12.7. The summed E-state index contributed by atoms with van der Waals surface area (Å²) in [6.07, 6.45) is 13.3. The number of pyridine rings is 1. The van der Waals surface area contributed by atoms with Crippen molar-refractivity contribution in [2.45, 2.75) is 57.1 Å². The predicted molar refractivity (Wildman–Crippen MR) is 134 cm³/mol. The molecule has 2 saturated carbocycles. The third-order valence-corrected chi connectivity index (χ3v) is 7.25. The molecule has 8 heteroatoms. The molecule has 0 atom stereocenters. The summed E-state index contributed by atoms with van der Waals surface area (Å²) >= 11 is 0. The SMILES string of the molecule is Cn1cc(-c2nn([C@H]3CC[C@@H](Oc4ccccc4F)CC3)c3cc(NCCC4CC4)ncc23)cn1. The average Bonchev–Trinajstić information content (AvgIpc) is 3.47. The van der Waals surface area contributed by atoms with Crippen LogP contribution in [0, 0.1) is 11.7 Å². The summed E-state index contributed by atoms with van der Waals surface area (Å²) in [7, 11) is 1.92. The van der Waals surface area contributed by atoms with Gasteiger partial charge in [-0.05, 0) is 50.2 Å². The van der Waals surface area contributed by atoms with Gasteiger partial charge in [-0.2, -0.15) is 10.2 Å². The maximum atomic E-state index is 14.0. The van der Waals surface area contributed by atoms with Crippen LogP contribution in [-0.2, 0) is 7.05 Å². The molecule has 4 aromatic rings. The van der Waals surface area contributed by atoms with Gasteiger partial charge in [0.15, 0.2) is 11.6 Å². The van der Waals surface area contributed by atoms with Gasteiger partial charge in [0.1, 0.15) is 11.5 Å². The van der Waals surface area contributed by atoms with Crippen LogP contribution in [0.25, 0.3) is 22.2 Å². The van der Waals surface area contributed by atoms with Crippen molar-refractivity contribution in [1.82, 2.24) is 24.5 Å². The fourth-order valence-electron chi connectivity index (χ4n) is 5.10. The van der Waals surface area contributed by atoms with Crippen LogP contribution >= 0.6 is 0 Å². The Morgan fingerprint density at radius 3 is 2.66 bits per heavy atom. The summed E-state index contributed by atoms with van der Waals surface area (Å²) in [5.41, 5.74) is 2.99. The van der Waals surface area contributed by atoms with E-state index in [4.69, 9.17) is 14.8 Å². The number of aromatic nitrogens is 5. The van der Waals surface area contributed by atoms with E-state index >= 15 is 0 Å². The maximum Gasteiger partial charge on any atom is 0.165 e. The number of halogens is 1. The molecule has 1 N–H and O–H groups in total. The minimum absolute atomic E-state index is 0.0177. The molecule has 6 rings (SSSR count). The van der Waals surface area contributed by atoms with Crippen molar-refractivity contribution in [1.29, 1.82) is 0 Å². The molecule has 2 aliphatic rings. The molecule has 0 unspecified atom stereocenters. The van der Waals surface area contributed by atoms with E-state index in [9.17, 15) is 4.39 Å². The van der Waals surface area contributed by atoms with Crippen LogP contribution in [0.5, 0.6) is 5.75 Å². The first kappa shape index (κ1) is 22.1. The van der Waals surface area contributed by atoms with E-state index in [1.807, 2.05) is 31.7 Å². The lowest BCUT2D eigenvalue weighted by Crippen LogP contribution is -2.26. The smallest absolute Gasteiger partial charge is 0.165 e. The zero-order chi connectivity index (χ0) is 23.8. The van der Waals surface area contributed by atoms with E-state index in [0.29, 0.717) is 5.75 Å². The van der Waals surface area contributed by atoms with Crippen molar-refractivity contribution in [3.63, 3.8) is 0 Å². The number of ether oxygens (including phenoxy) is 1. The van der Waals surface area contributed by atoms with Crippen LogP contribution < -0.4 is 10.1 Å². The molecule has 0 bridgehead atoms. The van der Waals surface area contributed by atoms with Gasteiger partial charge < -0.3 is 10.1 Å². The molecule has 3 aromatic heterocycles. The second-order valence-electron chi connectivity index (χ2n) is 9.92. The molecule has 2 fully saturated rings. The van der Waals surface area contributed by atoms with Crippen LogP contribution in [0.15, 0.2) is 48.9 Å². The Balaban J connectivity index is 1.24. The minimum Gasteiger partial charge on any atom is -0.487 e. The average molecular weight is 475 g/mol. The molecule has 0 radical (unpaired) electrons. The fourth-order valence-corrected chi connectivity index (χ4v) is 5.10. The molecule has 0 saturated heterocycles. The van der Waals surface area contributed by atoms with Crippen LogP contribution in [0.2, 0.25) is 0 Å². The quantitative estimate of drug-likeness (QED) is 0.352. The number of hydrogen-bond acceptors (Lipinski definition) is 5. The number of rotatable bonds is 8. The third-order valence-electron chi connectivity index (χ3n) is 7.25. The molecule has 2 aliphatic carbocycles. The Morgan fingerprint density at radius 2 is 1.91 bits per heavy atom. The summed E-state index contributed by atoms with van der Waals surface area (Å²) < 4.78 is 24.0. The van der Waals surface area contributed by atoms with Crippen molar-refractivity contribution in [3.05, 3.63) is 54.7 Å². The van der Waals surface area contributed by atoms with Gasteiger partial charge in [-0.3, -0.25) is 9.36 Å². The van der Waals surface area contributed by atoms with Gasteiger partial charge in [0.05, 0.1) is 23.9 Å². The fraction of sp³-hybridized carbons (Fsp3) is 0.444. The molecule has 3 heterocycles. The summed E-state index contributed by atoms with van der Waals surface area (Å²) in [5.74, 6) is 1.82. The van der Waals surface area contributed by atoms with E-state index in [1.54, 1.807) is 16.8 Å².